The molecule has 0 unspecified atom stereocenters. The Morgan fingerprint density at radius 3 is 2.81 bits per heavy atom. The van der Waals surface area contributed by atoms with Crippen LogP contribution < -0.4 is 4.74 Å². The zero-order valence-corrected chi connectivity index (χ0v) is 11.3. The van der Waals surface area contributed by atoms with Gasteiger partial charge < -0.3 is 4.74 Å². The highest BCUT2D eigenvalue weighted by Crippen LogP contribution is 2.35. The van der Waals surface area contributed by atoms with Crippen LogP contribution in [0.5, 0.6) is 5.75 Å². The average molecular weight is 307 g/mol. The van der Waals surface area contributed by atoms with Crippen LogP contribution >= 0.6 is 11.6 Å². The molecule has 0 saturated carbocycles. The third-order valence-corrected chi connectivity index (χ3v) is 3.00. The highest BCUT2D eigenvalue weighted by atomic mass is 35.5. The number of rotatable bonds is 4. The number of para-hydroxylation sites is 1. The number of hydrogen-bond acceptors (Lipinski definition) is 4. The van der Waals surface area contributed by atoms with Crippen LogP contribution in [0.4, 0.5) is 10.1 Å². The predicted octanol–water partition coefficient (Wildman–Crippen LogP) is 3.84. The monoisotopic (exact) mass is 306 g/mol. The van der Waals surface area contributed by atoms with Gasteiger partial charge in [-0.2, -0.15) is 5.26 Å². The van der Waals surface area contributed by atoms with Crippen LogP contribution in [-0.4, -0.2) is 4.92 Å². The fourth-order valence-corrected chi connectivity index (χ4v) is 1.95. The van der Waals surface area contributed by atoms with Crippen LogP contribution in [0.15, 0.2) is 36.4 Å². The Labute approximate surface area is 124 Å². The van der Waals surface area contributed by atoms with Gasteiger partial charge >= 0.3 is 5.69 Å². The Bertz CT molecular complexity index is 743. The van der Waals surface area contributed by atoms with Crippen molar-refractivity contribution in [1.82, 2.24) is 0 Å². The van der Waals surface area contributed by atoms with Crippen molar-refractivity contribution in [2.24, 2.45) is 0 Å². The second kappa shape index (κ2) is 6.20. The SMILES string of the molecule is N#Cc1ccc(F)cc1COc1c(Cl)cccc1[N+](=O)[O-]. The Morgan fingerprint density at radius 2 is 2.14 bits per heavy atom. The molecule has 0 aliphatic heterocycles. The van der Waals surface area contributed by atoms with Crippen LogP contribution in [0, 0.1) is 27.3 Å². The number of nitriles is 1. The molecule has 0 aliphatic rings. The molecule has 0 saturated heterocycles. The lowest BCUT2D eigenvalue weighted by Crippen LogP contribution is -2.02. The molecule has 0 amide bonds. The molecule has 0 bridgehead atoms. The minimum atomic E-state index is -0.627. The van der Waals surface area contributed by atoms with E-state index in [2.05, 4.69) is 0 Å². The maximum Gasteiger partial charge on any atom is 0.312 e. The summed E-state index contributed by atoms with van der Waals surface area (Å²) in [7, 11) is 0. The Balaban J connectivity index is 2.31. The second-order valence-corrected chi connectivity index (χ2v) is 4.45. The van der Waals surface area contributed by atoms with Crippen LogP contribution in [0.25, 0.3) is 0 Å². The number of ether oxygens (including phenoxy) is 1. The molecular weight excluding hydrogens is 299 g/mol. The van der Waals surface area contributed by atoms with E-state index in [1.54, 1.807) is 0 Å². The lowest BCUT2D eigenvalue weighted by atomic mass is 10.1. The summed E-state index contributed by atoms with van der Waals surface area (Å²) in [6.45, 7) is -0.203. The summed E-state index contributed by atoms with van der Waals surface area (Å²) in [5, 5.41) is 19.9. The first kappa shape index (κ1) is 14.8. The van der Waals surface area contributed by atoms with Gasteiger partial charge in [0.05, 0.1) is 21.6 Å². The van der Waals surface area contributed by atoms with E-state index in [0.717, 1.165) is 12.1 Å². The molecule has 5 nitrogen and oxygen atoms in total. The van der Waals surface area contributed by atoms with Crippen LogP contribution in [-0.2, 0) is 6.61 Å². The van der Waals surface area contributed by atoms with E-state index in [9.17, 15) is 14.5 Å². The molecule has 106 valence electrons. The summed E-state index contributed by atoms with van der Waals surface area (Å²) < 4.78 is 18.5. The van der Waals surface area contributed by atoms with Crippen LogP contribution in [0.2, 0.25) is 5.02 Å². The third kappa shape index (κ3) is 3.27. The van der Waals surface area contributed by atoms with Gasteiger partial charge in [-0.15, -0.1) is 0 Å². The molecule has 7 heteroatoms. The van der Waals surface area contributed by atoms with E-state index < -0.39 is 10.7 Å². The number of nitro benzene ring substituents is 1. The molecule has 0 fully saturated rings. The maximum absolute atomic E-state index is 13.2. The predicted molar refractivity (Wildman–Crippen MR) is 73.6 cm³/mol. The summed E-state index contributed by atoms with van der Waals surface area (Å²) in [4.78, 5) is 10.3. The summed E-state index contributed by atoms with van der Waals surface area (Å²) in [6, 6.07) is 9.62. The molecule has 0 spiro atoms. The van der Waals surface area contributed by atoms with Crippen LogP contribution in [0.1, 0.15) is 11.1 Å². The second-order valence-electron chi connectivity index (χ2n) is 4.05. The van der Waals surface area contributed by atoms with Gasteiger partial charge in [0, 0.05) is 11.6 Å². The minimum Gasteiger partial charge on any atom is -0.481 e. The molecule has 2 aromatic carbocycles. The van der Waals surface area contributed by atoms with E-state index in [1.165, 1.54) is 24.3 Å². The number of halogens is 2. The number of nitrogens with zero attached hydrogens (tertiary/aromatic N) is 2. The number of hydrogen-bond donors (Lipinski definition) is 0. The van der Waals surface area contributed by atoms with Crippen molar-refractivity contribution in [3.8, 4) is 11.8 Å². The summed E-state index contributed by atoms with van der Waals surface area (Å²) in [5.41, 5.74) is 0.218. The molecule has 2 rings (SSSR count). The summed E-state index contributed by atoms with van der Waals surface area (Å²) in [6.07, 6.45) is 0. The van der Waals surface area contributed by atoms with Gasteiger partial charge in [0.1, 0.15) is 12.4 Å². The molecule has 0 aromatic heterocycles. The third-order valence-electron chi connectivity index (χ3n) is 2.70. The zero-order valence-electron chi connectivity index (χ0n) is 10.5. The Hall–Kier alpha value is -2.65. The van der Waals surface area contributed by atoms with Gasteiger partial charge in [-0.05, 0) is 24.3 Å². The maximum atomic E-state index is 13.2. The van der Waals surface area contributed by atoms with E-state index in [4.69, 9.17) is 21.6 Å². The van der Waals surface area contributed by atoms with Gasteiger partial charge in [0.25, 0.3) is 0 Å². The molecule has 0 atom stereocenters. The van der Waals surface area contributed by atoms with Crippen molar-refractivity contribution >= 4 is 17.3 Å². The van der Waals surface area contributed by atoms with Crippen molar-refractivity contribution < 1.29 is 14.1 Å². The number of benzene rings is 2. The molecule has 0 N–H and O–H groups in total. The van der Waals surface area contributed by atoms with E-state index >= 15 is 0 Å². The fourth-order valence-electron chi connectivity index (χ4n) is 1.72. The quantitative estimate of drug-likeness (QED) is 0.635. The molecule has 0 radical (unpaired) electrons. The standard InChI is InChI=1S/C14H8ClFN2O3/c15-12-2-1-3-13(18(19)20)14(12)21-8-10-6-11(16)5-4-9(10)7-17/h1-6H,8H2. The van der Waals surface area contributed by atoms with E-state index in [0.29, 0.717) is 0 Å². The van der Waals surface area contributed by atoms with Gasteiger partial charge in [-0.25, -0.2) is 4.39 Å². The normalized spacial score (nSPS) is 9.95. The van der Waals surface area contributed by atoms with Crippen molar-refractivity contribution in [3.63, 3.8) is 0 Å². The largest absolute Gasteiger partial charge is 0.481 e. The van der Waals surface area contributed by atoms with Crippen molar-refractivity contribution in [3.05, 3.63) is 68.5 Å². The van der Waals surface area contributed by atoms with Crippen molar-refractivity contribution in [2.75, 3.05) is 0 Å². The van der Waals surface area contributed by atoms with Gasteiger partial charge in [0.15, 0.2) is 0 Å². The first-order chi connectivity index (χ1) is 10.0. The summed E-state index contributed by atoms with van der Waals surface area (Å²) in [5.74, 6) is -0.640. The first-order valence-electron chi connectivity index (χ1n) is 5.77. The number of nitro groups is 1. The van der Waals surface area contributed by atoms with Crippen molar-refractivity contribution in [1.29, 1.82) is 5.26 Å². The Kier molecular flexibility index (Phi) is 4.36. The minimum absolute atomic E-state index is 0.0686. The van der Waals surface area contributed by atoms with Gasteiger partial charge in [-0.1, -0.05) is 17.7 Å². The van der Waals surface area contributed by atoms with Crippen LogP contribution in [0.3, 0.4) is 0 Å². The molecule has 2 aromatic rings. The zero-order chi connectivity index (χ0) is 15.4. The lowest BCUT2D eigenvalue weighted by molar-refractivity contribution is -0.385. The first-order valence-corrected chi connectivity index (χ1v) is 6.15. The smallest absolute Gasteiger partial charge is 0.312 e. The van der Waals surface area contributed by atoms with Gasteiger partial charge in [-0.3, -0.25) is 10.1 Å². The van der Waals surface area contributed by atoms with E-state index in [-0.39, 0.29) is 34.2 Å². The fraction of sp³-hybridized carbons (Fsp3) is 0.0714. The Morgan fingerprint density at radius 1 is 1.38 bits per heavy atom. The van der Waals surface area contributed by atoms with Crippen molar-refractivity contribution in [2.45, 2.75) is 6.61 Å². The molecule has 0 heterocycles. The van der Waals surface area contributed by atoms with E-state index in [1.807, 2.05) is 6.07 Å². The molecule has 21 heavy (non-hydrogen) atoms. The topological polar surface area (TPSA) is 76.2 Å². The lowest BCUT2D eigenvalue weighted by Gasteiger charge is -2.09. The highest BCUT2D eigenvalue weighted by Gasteiger charge is 2.18. The highest BCUT2D eigenvalue weighted by molar-refractivity contribution is 6.32. The average Bonchev–Trinajstić information content (AvgIpc) is 2.45. The molecular formula is C14H8ClFN2O3. The van der Waals surface area contributed by atoms with Gasteiger partial charge in [0.2, 0.25) is 5.75 Å². The summed E-state index contributed by atoms with van der Waals surface area (Å²) >= 11 is 5.88. The molecule has 0 aliphatic carbocycles.